The molecule has 1 aliphatic heterocycles. The van der Waals surface area contributed by atoms with Crippen molar-refractivity contribution in [3.8, 4) is 0 Å². The lowest BCUT2D eigenvalue weighted by Gasteiger charge is -2.21. The third kappa shape index (κ3) is 3.66. The van der Waals surface area contributed by atoms with Crippen LogP contribution in [-0.2, 0) is 10.0 Å². The molecular weight excluding hydrogens is 278 g/mol. The minimum absolute atomic E-state index is 0.0655. The number of likely N-dealkylation sites (tertiary alicyclic amines) is 1. The normalized spacial score (nSPS) is 18.1. The van der Waals surface area contributed by atoms with E-state index in [0.717, 1.165) is 13.1 Å². The molecule has 2 heterocycles. The topological polar surface area (TPSA) is 100 Å². The molecule has 1 aromatic rings. The van der Waals surface area contributed by atoms with Crippen molar-refractivity contribution in [1.82, 2.24) is 14.6 Å². The zero-order valence-corrected chi connectivity index (χ0v) is 12.4. The van der Waals surface area contributed by atoms with E-state index in [-0.39, 0.29) is 10.9 Å². The van der Waals surface area contributed by atoms with Gasteiger partial charge in [0.25, 0.3) is 0 Å². The number of anilines is 1. The quantitative estimate of drug-likeness (QED) is 0.510. The number of nitrogens with one attached hydrogen (secondary N) is 2. The molecule has 0 spiro atoms. The molecule has 1 aromatic heterocycles. The molecule has 1 unspecified atom stereocenters. The first-order chi connectivity index (χ1) is 9.53. The van der Waals surface area contributed by atoms with Gasteiger partial charge in [0.1, 0.15) is 4.90 Å². The van der Waals surface area contributed by atoms with Gasteiger partial charge in [-0.1, -0.05) is 0 Å². The summed E-state index contributed by atoms with van der Waals surface area (Å²) in [5.41, 5.74) is 2.71. The SMILES string of the molecule is CC(CN1CCCC1)NS(=O)(=O)c1cnccc1NN. The number of nitrogens with zero attached hydrogens (tertiary/aromatic N) is 2. The Balaban J connectivity index is 2.06. The smallest absolute Gasteiger partial charge is 0.244 e. The van der Waals surface area contributed by atoms with Gasteiger partial charge in [-0.15, -0.1) is 0 Å². The lowest BCUT2D eigenvalue weighted by Crippen LogP contribution is -2.41. The van der Waals surface area contributed by atoms with Crippen LogP contribution in [0.5, 0.6) is 0 Å². The van der Waals surface area contributed by atoms with Gasteiger partial charge in [-0.2, -0.15) is 0 Å². The van der Waals surface area contributed by atoms with Gasteiger partial charge in [-0.05, 0) is 38.9 Å². The number of hydrazine groups is 1. The van der Waals surface area contributed by atoms with Crippen molar-refractivity contribution in [2.24, 2.45) is 5.84 Å². The summed E-state index contributed by atoms with van der Waals surface area (Å²) in [4.78, 5) is 6.17. The maximum atomic E-state index is 12.3. The molecule has 0 aromatic carbocycles. The lowest BCUT2D eigenvalue weighted by molar-refractivity contribution is 0.313. The van der Waals surface area contributed by atoms with Crippen molar-refractivity contribution in [3.63, 3.8) is 0 Å². The second kappa shape index (κ2) is 6.49. The Morgan fingerprint density at radius 3 is 2.80 bits per heavy atom. The maximum Gasteiger partial charge on any atom is 0.244 e. The molecule has 1 fully saturated rings. The summed E-state index contributed by atoms with van der Waals surface area (Å²) in [6.45, 7) is 4.65. The Morgan fingerprint density at radius 2 is 2.15 bits per heavy atom. The van der Waals surface area contributed by atoms with E-state index >= 15 is 0 Å². The number of nitrogen functional groups attached to an aromatic ring is 1. The first-order valence-corrected chi connectivity index (χ1v) is 8.16. The second-order valence-electron chi connectivity index (χ2n) is 5.05. The van der Waals surface area contributed by atoms with Crippen LogP contribution in [0, 0.1) is 0 Å². The molecule has 4 N–H and O–H groups in total. The summed E-state index contributed by atoms with van der Waals surface area (Å²) < 4.78 is 27.3. The Hall–Kier alpha value is -1.22. The van der Waals surface area contributed by atoms with Crippen LogP contribution in [0.1, 0.15) is 19.8 Å². The molecule has 1 saturated heterocycles. The van der Waals surface area contributed by atoms with Gasteiger partial charge < -0.3 is 10.3 Å². The Kier molecular flexibility index (Phi) is 4.92. The minimum Gasteiger partial charge on any atom is -0.323 e. The molecule has 0 aliphatic carbocycles. The van der Waals surface area contributed by atoms with E-state index in [9.17, 15) is 8.42 Å². The van der Waals surface area contributed by atoms with Crippen molar-refractivity contribution >= 4 is 15.7 Å². The van der Waals surface area contributed by atoms with Crippen LogP contribution in [-0.4, -0.2) is 44.0 Å². The molecule has 1 atom stereocenters. The molecule has 7 nitrogen and oxygen atoms in total. The van der Waals surface area contributed by atoms with Gasteiger partial charge in [0.2, 0.25) is 10.0 Å². The third-order valence-corrected chi connectivity index (χ3v) is 4.93. The van der Waals surface area contributed by atoms with E-state index < -0.39 is 10.0 Å². The van der Waals surface area contributed by atoms with Gasteiger partial charge in [-0.3, -0.25) is 10.8 Å². The fourth-order valence-electron chi connectivity index (χ4n) is 2.43. The summed E-state index contributed by atoms with van der Waals surface area (Å²) in [6.07, 6.45) is 5.15. The Morgan fingerprint density at radius 1 is 1.45 bits per heavy atom. The van der Waals surface area contributed by atoms with Crippen molar-refractivity contribution in [2.45, 2.75) is 30.7 Å². The van der Waals surface area contributed by atoms with Crippen LogP contribution in [0.4, 0.5) is 5.69 Å². The second-order valence-corrected chi connectivity index (χ2v) is 6.73. The molecule has 0 amide bonds. The van der Waals surface area contributed by atoms with Crippen molar-refractivity contribution in [3.05, 3.63) is 18.5 Å². The summed E-state index contributed by atoms with van der Waals surface area (Å²) in [5.74, 6) is 5.33. The number of hydrogen-bond donors (Lipinski definition) is 3. The first kappa shape index (κ1) is 15.2. The van der Waals surface area contributed by atoms with Crippen LogP contribution in [0.3, 0.4) is 0 Å². The summed E-state index contributed by atoms with van der Waals surface area (Å²) in [6, 6.07) is 1.36. The molecule has 1 aliphatic rings. The van der Waals surface area contributed by atoms with E-state index in [0.29, 0.717) is 12.2 Å². The highest BCUT2D eigenvalue weighted by Crippen LogP contribution is 2.18. The number of rotatable bonds is 6. The van der Waals surface area contributed by atoms with Crippen molar-refractivity contribution in [1.29, 1.82) is 0 Å². The van der Waals surface area contributed by atoms with Gasteiger partial charge in [0.05, 0.1) is 5.69 Å². The number of sulfonamides is 1. The average Bonchev–Trinajstić information content (AvgIpc) is 2.90. The molecular formula is C12H21N5O2S. The number of aromatic nitrogens is 1. The Bertz CT molecular complexity index is 543. The molecule has 2 rings (SSSR count). The molecule has 112 valence electrons. The van der Waals surface area contributed by atoms with Crippen LogP contribution in [0.25, 0.3) is 0 Å². The van der Waals surface area contributed by atoms with E-state index in [1.165, 1.54) is 31.3 Å². The van der Waals surface area contributed by atoms with Gasteiger partial charge >= 0.3 is 0 Å². The van der Waals surface area contributed by atoms with E-state index in [1.54, 1.807) is 0 Å². The summed E-state index contributed by atoms with van der Waals surface area (Å²) >= 11 is 0. The van der Waals surface area contributed by atoms with E-state index in [1.807, 2.05) is 6.92 Å². The van der Waals surface area contributed by atoms with Crippen LogP contribution in [0.2, 0.25) is 0 Å². The number of pyridine rings is 1. The predicted octanol–water partition coefficient (Wildman–Crippen LogP) is 0.130. The van der Waals surface area contributed by atoms with Crippen molar-refractivity contribution in [2.75, 3.05) is 25.1 Å². The third-order valence-electron chi connectivity index (χ3n) is 3.32. The van der Waals surface area contributed by atoms with Gasteiger partial charge in [0.15, 0.2) is 0 Å². The van der Waals surface area contributed by atoms with Gasteiger partial charge in [0, 0.05) is 25.0 Å². The van der Waals surface area contributed by atoms with Crippen LogP contribution >= 0.6 is 0 Å². The highest BCUT2D eigenvalue weighted by molar-refractivity contribution is 7.89. The monoisotopic (exact) mass is 299 g/mol. The minimum atomic E-state index is -3.63. The molecule has 0 saturated carbocycles. The number of nitrogens with two attached hydrogens (primary N) is 1. The van der Waals surface area contributed by atoms with E-state index in [2.05, 4.69) is 20.0 Å². The highest BCUT2D eigenvalue weighted by atomic mass is 32.2. The molecule has 20 heavy (non-hydrogen) atoms. The Labute approximate surface area is 119 Å². The fourth-order valence-corrected chi connectivity index (χ4v) is 3.78. The standard InChI is InChI=1S/C12H21N5O2S/c1-10(9-17-6-2-3-7-17)16-20(18,19)12-8-14-5-4-11(12)15-13/h4-5,8,10,16H,2-3,6-7,9,13H2,1H3,(H,14,15). The van der Waals surface area contributed by atoms with Crippen molar-refractivity contribution < 1.29 is 8.42 Å². The highest BCUT2D eigenvalue weighted by Gasteiger charge is 2.23. The molecule has 8 heteroatoms. The summed E-state index contributed by atoms with van der Waals surface area (Å²) in [5, 5.41) is 0. The molecule has 0 bridgehead atoms. The summed E-state index contributed by atoms with van der Waals surface area (Å²) in [7, 11) is -3.63. The van der Waals surface area contributed by atoms with Crippen LogP contribution < -0.4 is 16.0 Å². The fraction of sp³-hybridized carbons (Fsp3) is 0.583. The average molecular weight is 299 g/mol. The molecule has 0 radical (unpaired) electrons. The van der Waals surface area contributed by atoms with Gasteiger partial charge in [-0.25, -0.2) is 13.1 Å². The predicted molar refractivity (Wildman–Crippen MR) is 77.5 cm³/mol. The maximum absolute atomic E-state index is 12.3. The zero-order valence-electron chi connectivity index (χ0n) is 11.5. The zero-order chi connectivity index (χ0) is 14.6. The number of hydrogen-bond acceptors (Lipinski definition) is 6. The van der Waals surface area contributed by atoms with E-state index in [4.69, 9.17) is 5.84 Å². The largest absolute Gasteiger partial charge is 0.323 e. The van der Waals surface area contributed by atoms with Crippen LogP contribution in [0.15, 0.2) is 23.4 Å². The lowest BCUT2D eigenvalue weighted by atomic mass is 10.3. The first-order valence-electron chi connectivity index (χ1n) is 6.68.